The zero-order chi connectivity index (χ0) is 13.9. The third kappa shape index (κ3) is 2.79. The topological polar surface area (TPSA) is 21.3 Å². The molecule has 0 saturated heterocycles. The number of para-hydroxylation sites is 2. The summed E-state index contributed by atoms with van der Waals surface area (Å²) in [6, 6.07) is 17.2. The molecule has 1 N–H and O–H groups in total. The summed E-state index contributed by atoms with van der Waals surface area (Å²) in [7, 11) is 0. The summed E-state index contributed by atoms with van der Waals surface area (Å²) in [5.41, 5.74) is 3.77. The van der Waals surface area contributed by atoms with Crippen LogP contribution >= 0.6 is 0 Å². The molecule has 0 aromatic heterocycles. The van der Waals surface area contributed by atoms with E-state index in [1.54, 1.807) is 0 Å². The molecule has 1 aliphatic heterocycles. The van der Waals surface area contributed by atoms with Gasteiger partial charge in [0.1, 0.15) is 12.4 Å². The Balaban J connectivity index is 1.74. The summed E-state index contributed by atoms with van der Waals surface area (Å²) >= 11 is 0. The van der Waals surface area contributed by atoms with Crippen molar-refractivity contribution in [2.75, 3.05) is 11.9 Å². The Kier molecular flexibility index (Phi) is 3.64. The van der Waals surface area contributed by atoms with E-state index in [0.717, 1.165) is 17.9 Å². The lowest BCUT2D eigenvalue weighted by atomic mass is 9.99. The molecule has 1 atom stereocenters. The van der Waals surface area contributed by atoms with E-state index in [1.165, 1.54) is 11.1 Å². The van der Waals surface area contributed by atoms with Gasteiger partial charge in [-0.1, -0.05) is 50.2 Å². The number of hydrogen-bond donors (Lipinski definition) is 1. The minimum absolute atomic E-state index is 0.234. The van der Waals surface area contributed by atoms with Crippen molar-refractivity contribution in [1.82, 2.24) is 0 Å². The summed E-state index contributed by atoms with van der Waals surface area (Å²) < 4.78 is 5.82. The lowest BCUT2D eigenvalue weighted by Crippen LogP contribution is -2.23. The molecule has 3 rings (SSSR count). The number of benzene rings is 2. The Bertz CT molecular complexity index is 574. The highest BCUT2D eigenvalue weighted by Crippen LogP contribution is 2.33. The standard InChI is InChI=1S/C18H21NO/c1-13(2)11-14-7-9-15(10-8-14)17-12-20-18-6-4-3-5-16(18)19-17/h3-10,13,17,19H,11-12H2,1-2H3. The summed E-state index contributed by atoms with van der Waals surface area (Å²) in [5, 5.41) is 3.55. The molecule has 104 valence electrons. The maximum atomic E-state index is 5.82. The van der Waals surface area contributed by atoms with Crippen molar-refractivity contribution in [3.05, 3.63) is 59.7 Å². The molecule has 0 spiro atoms. The molecule has 2 aromatic carbocycles. The van der Waals surface area contributed by atoms with Gasteiger partial charge in [-0.05, 0) is 35.6 Å². The van der Waals surface area contributed by atoms with Crippen LogP contribution in [-0.2, 0) is 6.42 Å². The smallest absolute Gasteiger partial charge is 0.142 e. The predicted molar refractivity (Wildman–Crippen MR) is 83.3 cm³/mol. The molecule has 0 aliphatic carbocycles. The zero-order valence-electron chi connectivity index (χ0n) is 12.1. The fraction of sp³-hybridized carbons (Fsp3) is 0.333. The van der Waals surface area contributed by atoms with Gasteiger partial charge in [-0.15, -0.1) is 0 Å². The molecule has 0 radical (unpaired) electrons. The van der Waals surface area contributed by atoms with Gasteiger partial charge in [0.25, 0.3) is 0 Å². The van der Waals surface area contributed by atoms with Gasteiger partial charge in [0.05, 0.1) is 11.7 Å². The number of ether oxygens (including phenoxy) is 1. The van der Waals surface area contributed by atoms with Crippen molar-refractivity contribution in [2.45, 2.75) is 26.3 Å². The molecule has 0 amide bonds. The van der Waals surface area contributed by atoms with E-state index in [4.69, 9.17) is 4.74 Å². The van der Waals surface area contributed by atoms with Crippen molar-refractivity contribution in [3.63, 3.8) is 0 Å². The first-order valence-electron chi connectivity index (χ1n) is 7.29. The fourth-order valence-corrected chi connectivity index (χ4v) is 2.65. The molecule has 1 aliphatic rings. The van der Waals surface area contributed by atoms with E-state index in [2.05, 4.69) is 49.5 Å². The summed E-state index contributed by atoms with van der Waals surface area (Å²) in [4.78, 5) is 0. The Hall–Kier alpha value is -1.96. The zero-order valence-corrected chi connectivity index (χ0v) is 12.1. The van der Waals surface area contributed by atoms with Crippen LogP contribution in [0.1, 0.15) is 31.0 Å². The second-order valence-corrected chi connectivity index (χ2v) is 5.84. The van der Waals surface area contributed by atoms with Gasteiger partial charge in [-0.25, -0.2) is 0 Å². The molecule has 20 heavy (non-hydrogen) atoms. The molecule has 1 unspecified atom stereocenters. The highest BCUT2D eigenvalue weighted by molar-refractivity contribution is 5.59. The average molecular weight is 267 g/mol. The summed E-state index contributed by atoms with van der Waals surface area (Å²) in [6.45, 7) is 5.18. The second kappa shape index (κ2) is 5.58. The predicted octanol–water partition coefficient (Wildman–Crippen LogP) is 4.43. The Morgan fingerprint density at radius 3 is 2.60 bits per heavy atom. The summed E-state index contributed by atoms with van der Waals surface area (Å²) in [6.07, 6.45) is 1.14. The van der Waals surface area contributed by atoms with Crippen molar-refractivity contribution in [3.8, 4) is 5.75 Å². The van der Waals surface area contributed by atoms with Gasteiger partial charge < -0.3 is 10.1 Å². The van der Waals surface area contributed by atoms with E-state index in [-0.39, 0.29) is 6.04 Å². The SMILES string of the molecule is CC(C)Cc1ccc(C2COc3ccccc3N2)cc1. The van der Waals surface area contributed by atoms with E-state index >= 15 is 0 Å². The molecular weight excluding hydrogens is 246 g/mol. The quantitative estimate of drug-likeness (QED) is 0.888. The lowest BCUT2D eigenvalue weighted by Gasteiger charge is -2.27. The lowest BCUT2D eigenvalue weighted by molar-refractivity contribution is 0.286. The first-order valence-corrected chi connectivity index (χ1v) is 7.29. The van der Waals surface area contributed by atoms with Gasteiger partial charge in [0, 0.05) is 0 Å². The van der Waals surface area contributed by atoms with E-state index in [0.29, 0.717) is 12.5 Å². The Labute approximate surface area is 120 Å². The van der Waals surface area contributed by atoms with Crippen LogP contribution in [0.5, 0.6) is 5.75 Å². The van der Waals surface area contributed by atoms with Crippen LogP contribution in [0.3, 0.4) is 0 Å². The van der Waals surface area contributed by atoms with Gasteiger partial charge >= 0.3 is 0 Å². The number of anilines is 1. The van der Waals surface area contributed by atoms with Gasteiger partial charge in [-0.2, -0.15) is 0 Å². The number of hydrogen-bond acceptors (Lipinski definition) is 2. The molecule has 0 fully saturated rings. The highest BCUT2D eigenvalue weighted by atomic mass is 16.5. The van der Waals surface area contributed by atoms with Crippen LogP contribution in [0.2, 0.25) is 0 Å². The molecule has 2 aromatic rings. The maximum Gasteiger partial charge on any atom is 0.142 e. The minimum atomic E-state index is 0.234. The fourth-order valence-electron chi connectivity index (χ4n) is 2.65. The van der Waals surface area contributed by atoms with Crippen LogP contribution in [0.4, 0.5) is 5.69 Å². The van der Waals surface area contributed by atoms with E-state index in [9.17, 15) is 0 Å². The van der Waals surface area contributed by atoms with Crippen molar-refractivity contribution >= 4 is 5.69 Å². The number of rotatable bonds is 3. The molecule has 2 nitrogen and oxygen atoms in total. The minimum Gasteiger partial charge on any atom is -0.489 e. The first kappa shape index (κ1) is 13.0. The van der Waals surface area contributed by atoms with Gasteiger partial charge in [0.2, 0.25) is 0 Å². The first-order chi connectivity index (χ1) is 9.72. The Morgan fingerprint density at radius 1 is 1.10 bits per heavy atom. The Morgan fingerprint density at radius 2 is 1.85 bits per heavy atom. The second-order valence-electron chi connectivity index (χ2n) is 5.84. The van der Waals surface area contributed by atoms with Crippen LogP contribution in [0.25, 0.3) is 0 Å². The third-order valence-corrected chi connectivity index (χ3v) is 3.65. The van der Waals surface area contributed by atoms with Crippen molar-refractivity contribution < 1.29 is 4.74 Å². The van der Waals surface area contributed by atoms with Crippen LogP contribution < -0.4 is 10.1 Å². The molecular formula is C18H21NO. The molecule has 2 heteroatoms. The van der Waals surface area contributed by atoms with Crippen LogP contribution in [0.15, 0.2) is 48.5 Å². The van der Waals surface area contributed by atoms with Gasteiger partial charge in [-0.3, -0.25) is 0 Å². The van der Waals surface area contributed by atoms with Crippen molar-refractivity contribution in [2.24, 2.45) is 5.92 Å². The van der Waals surface area contributed by atoms with Crippen LogP contribution in [-0.4, -0.2) is 6.61 Å². The maximum absolute atomic E-state index is 5.82. The largest absolute Gasteiger partial charge is 0.489 e. The summed E-state index contributed by atoms with van der Waals surface area (Å²) in [5.74, 6) is 1.64. The molecule has 1 heterocycles. The highest BCUT2D eigenvalue weighted by Gasteiger charge is 2.19. The molecule has 0 saturated carbocycles. The monoisotopic (exact) mass is 267 g/mol. The number of fused-ring (bicyclic) bond motifs is 1. The van der Waals surface area contributed by atoms with Crippen molar-refractivity contribution in [1.29, 1.82) is 0 Å². The van der Waals surface area contributed by atoms with Gasteiger partial charge in [0.15, 0.2) is 0 Å². The molecule has 0 bridgehead atoms. The normalized spacial score (nSPS) is 17.2. The van der Waals surface area contributed by atoms with Crippen LogP contribution in [0, 0.1) is 5.92 Å². The van der Waals surface area contributed by atoms with E-state index < -0.39 is 0 Å². The average Bonchev–Trinajstić information content (AvgIpc) is 2.47. The third-order valence-electron chi connectivity index (χ3n) is 3.65. The van der Waals surface area contributed by atoms with E-state index in [1.807, 2.05) is 18.2 Å². The number of nitrogens with one attached hydrogen (secondary N) is 1.